The van der Waals surface area contributed by atoms with Crippen LogP contribution in [-0.4, -0.2) is 18.0 Å². The van der Waals surface area contributed by atoms with Gasteiger partial charge in [-0.3, -0.25) is 4.79 Å². The van der Waals surface area contributed by atoms with E-state index in [2.05, 4.69) is 6.08 Å². The Labute approximate surface area is 59.9 Å². The van der Waals surface area contributed by atoms with Crippen molar-refractivity contribution in [2.45, 2.75) is 31.5 Å². The van der Waals surface area contributed by atoms with Gasteiger partial charge in [-0.2, -0.15) is 0 Å². The second-order valence-electron chi connectivity index (χ2n) is 2.81. The molecule has 1 fully saturated rings. The Bertz CT molecular complexity index is 184. The molecule has 0 N–H and O–H groups in total. The summed E-state index contributed by atoms with van der Waals surface area (Å²) in [6.07, 6.45) is 6.88. The normalized spacial score (nSPS) is 38.2. The lowest BCUT2D eigenvalue weighted by atomic mass is 10.1. The third kappa shape index (κ3) is 0.991. The van der Waals surface area contributed by atoms with Gasteiger partial charge in [0.2, 0.25) is 0 Å². The molecule has 1 aliphatic carbocycles. The van der Waals surface area contributed by atoms with Gasteiger partial charge in [-0.25, -0.2) is 0 Å². The van der Waals surface area contributed by atoms with Gasteiger partial charge in [-0.15, -0.1) is 0 Å². The first-order chi connectivity index (χ1) is 4.88. The highest BCUT2D eigenvalue weighted by molar-refractivity contribution is 5.86. The number of hydrogen-bond donors (Lipinski definition) is 0. The predicted octanol–water partition coefficient (Wildman–Crippen LogP) is 1.06. The SMILES string of the molecule is O=C1CCCC=CC2OC12. The van der Waals surface area contributed by atoms with Crippen LogP contribution in [0.3, 0.4) is 0 Å². The molecule has 0 aromatic rings. The van der Waals surface area contributed by atoms with E-state index in [9.17, 15) is 4.79 Å². The highest BCUT2D eigenvalue weighted by Crippen LogP contribution is 2.27. The van der Waals surface area contributed by atoms with E-state index in [4.69, 9.17) is 4.74 Å². The summed E-state index contributed by atoms with van der Waals surface area (Å²) in [6, 6.07) is 0. The molecule has 2 nitrogen and oxygen atoms in total. The van der Waals surface area contributed by atoms with E-state index in [1.54, 1.807) is 0 Å². The number of ether oxygens (including phenoxy) is 1. The van der Waals surface area contributed by atoms with Crippen LogP contribution in [0.15, 0.2) is 12.2 Å². The molecule has 0 aromatic heterocycles. The van der Waals surface area contributed by atoms with Crippen molar-refractivity contribution in [1.82, 2.24) is 0 Å². The van der Waals surface area contributed by atoms with Gasteiger partial charge in [0, 0.05) is 6.42 Å². The fraction of sp³-hybridized carbons (Fsp3) is 0.625. The smallest absolute Gasteiger partial charge is 0.164 e. The van der Waals surface area contributed by atoms with Crippen LogP contribution in [-0.2, 0) is 9.53 Å². The molecule has 1 saturated heterocycles. The minimum atomic E-state index is -0.0726. The van der Waals surface area contributed by atoms with Crippen LogP contribution in [0.1, 0.15) is 19.3 Å². The minimum absolute atomic E-state index is 0.0726. The summed E-state index contributed by atoms with van der Waals surface area (Å²) < 4.78 is 5.11. The summed E-state index contributed by atoms with van der Waals surface area (Å²) >= 11 is 0. The van der Waals surface area contributed by atoms with Gasteiger partial charge in [-0.1, -0.05) is 12.2 Å². The Hall–Kier alpha value is -0.630. The molecular weight excluding hydrogens is 128 g/mol. The second kappa shape index (κ2) is 2.20. The highest BCUT2D eigenvalue weighted by Gasteiger charge is 2.42. The zero-order chi connectivity index (χ0) is 6.97. The molecule has 2 aliphatic rings. The molecule has 0 amide bonds. The molecule has 1 heterocycles. The van der Waals surface area contributed by atoms with Crippen LogP contribution in [0.4, 0.5) is 0 Å². The topological polar surface area (TPSA) is 29.6 Å². The maximum Gasteiger partial charge on any atom is 0.164 e. The summed E-state index contributed by atoms with van der Waals surface area (Å²) in [6.45, 7) is 0. The molecular formula is C8H10O2. The van der Waals surface area contributed by atoms with E-state index in [0.717, 1.165) is 12.8 Å². The molecule has 0 saturated carbocycles. The fourth-order valence-electron chi connectivity index (χ4n) is 1.30. The maximum atomic E-state index is 11.0. The van der Waals surface area contributed by atoms with E-state index >= 15 is 0 Å². The van der Waals surface area contributed by atoms with Crippen LogP contribution >= 0.6 is 0 Å². The second-order valence-corrected chi connectivity index (χ2v) is 2.81. The quantitative estimate of drug-likeness (QED) is 0.370. The van der Waals surface area contributed by atoms with Crippen LogP contribution in [0.5, 0.6) is 0 Å². The Morgan fingerprint density at radius 2 is 2.50 bits per heavy atom. The summed E-state index contributed by atoms with van der Waals surface area (Å²) in [5.74, 6) is 0.286. The van der Waals surface area contributed by atoms with E-state index in [-0.39, 0.29) is 18.0 Å². The first-order valence-electron chi connectivity index (χ1n) is 3.73. The summed E-state index contributed by atoms with van der Waals surface area (Å²) in [4.78, 5) is 11.0. The molecule has 2 rings (SSSR count). The molecule has 10 heavy (non-hydrogen) atoms. The number of carbonyl (C=O) groups is 1. The van der Waals surface area contributed by atoms with Crippen molar-refractivity contribution >= 4 is 5.78 Å². The van der Waals surface area contributed by atoms with E-state index in [1.807, 2.05) is 6.08 Å². The lowest BCUT2D eigenvalue weighted by Gasteiger charge is -1.96. The number of rotatable bonds is 0. The largest absolute Gasteiger partial charge is 0.357 e. The number of fused-ring (bicyclic) bond motifs is 1. The molecule has 54 valence electrons. The van der Waals surface area contributed by atoms with Crippen LogP contribution in [0.25, 0.3) is 0 Å². The van der Waals surface area contributed by atoms with Crippen molar-refractivity contribution in [3.05, 3.63) is 12.2 Å². The van der Waals surface area contributed by atoms with Gasteiger partial charge in [0.25, 0.3) is 0 Å². The number of carbonyl (C=O) groups excluding carboxylic acids is 1. The lowest BCUT2D eigenvalue weighted by Crippen LogP contribution is -2.09. The lowest BCUT2D eigenvalue weighted by molar-refractivity contribution is -0.120. The van der Waals surface area contributed by atoms with Gasteiger partial charge in [-0.05, 0) is 12.8 Å². The average molecular weight is 138 g/mol. The number of ketones is 1. The van der Waals surface area contributed by atoms with Gasteiger partial charge in [0.1, 0.15) is 12.2 Å². The van der Waals surface area contributed by atoms with Gasteiger partial charge in [0.05, 0.1) is 0 Å². The molecule has 1 aliphatic heterocycles. The first-order valence-corrected chi connectivity index (χ1v) is 3.73. The van der Waals surface area contributed by atoms with Crippen molar-refractivity contribution in [2.75, 3.05) is 0 Å². The molecule has 2 heteroatoms. The van der Waals surface area contributed by atoms with E-state index < -0.39 is 0 Å². The molecule has 2 unspecified atom stereocenters. The number of allylic oxidation sites excluding steroid dienone is 1. The Morgan fingerprint density at radius 3 is 3.40 bits per heavy atom. The van der Waals surface area contributed by atoms with Crippen molar-refractivity contribution in [2.24, 2.45) is 0 Å². The molecule has 0 radical (unpaired) electrons. The van der Waals surface area contributed by atoms with Crippen molar-refractivity contribution in [3.63, 3.8) is 0 Å². The molecule has 0 aromatic carbocycles. The Balaban J connectivity index is 2.07. The zero-order valence-electron chi connectivity index (χ0n) is 5.75. The monoisotopic (exact) mass is 138 g/mol. The number of hydrogen-bond acceptors (Lipinski definition) is 2. The maximum absolute atomic E-state index is 11.0. The summed E-state index contributed by atoms with van der Waals surface area (Å²) in [5, 5.41) is 0. The van der Waals surface area contributed by atoms with Gasteiger partial charge >= 0.3 is 0 Å². The van der Waals surface area contributed by atoms with Gasteiger partial charge < -0.3 is 4.74 Å². The molecule has 2 atom stereocenters. The summed E-state index contributed by atoms with van der Waals surface area (Å²) in [7, 11) is 0. The zero-order valence-corrected chi connectivity index (χ0v) is 5.75. The van der Waals surface area contributed by atoms with Gasteiger partial charge in [0.15, 0.2) is 5.78 Å². The van der Waals surface area contributed by atoms with Crippen LogP contribution < -0.4 is 0 Å². The fourth-order valence-corrected chi connectivity index (χ4v) is 1.30. The Morgan fingerprint density at radius 1 is 1.60 bits per heavy atom. The predicted molar refractivity (Wildman–Crippen MR) is 36.7 cm³/mol. The van der Waals surface area contributed by atoms with Crippen molar-refractivity contribution in [1.29, 1.82) is 0 Å². The summed E-state index contributed by atoms with van der Waals surface area (Å²) in [5.41, 5.74) is 0. The number of Topliss-reactive ketones (excluding diaryl/α,β-unsaturated/α-hetero) is 1. The van der Waals surface area contributed by atoms with E-state index in [1.165, 1.54) is 0 Å². The minimum Gasteiger partial charge on any atom is -0.357 e. The van der Waals surface area contributed by atoms with E-state index in [0.29, 0.717) is 6.42 Å². The standard InChI is InChI=1S/C8H10O2/c9-6-4-2-1-3-5-7-8(6)10-7/h3,5,7-8H,1-2,4H2. The molecule has 0 spiro atoms. The van der Waals surface area contributed by atoms with Crippen molar-refractivity contribution in [3.8, 4) is 0 Å². The first kappa shape index (κ1) is 6.10. The Kier molecular flexibility index (Phi) is 1.34. The third-order valence-corrected chi connectivity index (χ3v) is 1.96. The third-order valence-electron chi connectivity index (χ3n) is 1.96. The van der Waals surface area contributed by atoms with Crippen LogP contribution in [0, 0.1) is 0 Å². The van der Waals surface area contributed by atoms with Crippen LogP contribution in [0.2, 0.25) is 0 Å². The van der Waals surface area contributed by atoms with Crippen molar-refractivity contribution < 1.29 is 9.53 Å². The number of epoxide rings is 1. The molecule has 0 bridgehead atoms. The average Bonchev–Trinajstić information content (AvgIpc) is 2.62. The highest BCUT2D eigenvalue weighted by atomic mass is 16.6.